The van der Waals surface area contributed by atoms with E-state index >= 15 is 0 Å². The number of unbranched alkanes of at least 4 members (excludes halogenated alkanes) is 8. The highest BCUT2D eigenvalue weighted by Gasteiger charge is 2.27. The Morgan fingerprint density at radius 1 is 0.457 bits per heavy atom. The quantitative estimate of drug-likeness (QED) is 0.0448. The number of ether oxygens (including phenoxy) is 2. The number of aryl methyl sites for hydroxylation is 2. The summed E-state index contributed by atoms with van der Waals surface area (Å²) in [7, 11) is 0. The van der Waals surface area contributed by atoms with Crippen molar-refractivity contribution in [3.8, 4) is 53.5 Å². The summed E-state index contributed by atoms with van der Waals surface area (Å²) in [6.45, 7) is 15.0. The third-order valence-corrected chi connectivity index (χ3v) is 19.5. The second-order valence-corrected chi connectivity index (χ2v) is 24.4. The maximum atomic E-state index is 7.20. The van der Waals surface area contributed by atoms with Gasteiger partial charge in [-0.25, -0.2) is 0 Å². The Morgan fingerprint density at radius 2 is 0.886 bits per heavy atom. The number of pyridine rings is 2. The molecule has 0 aliphatic rings. The Hall–Kier alpha value is -3.92. The summed E-state index contributed by atoms with van der Waals surface area (Å²) in [5.74, 6) is 2.77. The summed E-state index contributed by atoms with van der Waals surface area (Å²) in [5, 5.41) is 2.15. The van der Waals surface area contributed by atoms with Crippen molar-refractivity contribution in [1.82, 2.24) is 27.5 Å². The Bertz CT molecular complexity index is 2840. The van der Waals surface area contributed by atoms with E-state index in [4.69, 9.17) is 36.9 Å². The average molecular weight is 1050 g/mol. The third-order valence-electron chi connectivity index (χ3n) is 13.8. The smallest absolute Gasteiger partial charge is 0.146 e. The lowest BCUT2D eigenvalue weighted by molar-refractivity contribution is 0.235. The van der Waals surface area contributed by atoms with Gasteiger partial charge in [-0.3, -0.25) is 9.97 Å². The Morgan fingerprint density at radius 3 is 1.30 bits per heavy atom. The van der Waals surface area contributed by atoms with Crippen molar-refractivity contribution < 1.29 is 9.47 Å². The van der Waals surface area contributed by atoms with Gasteiger partial charge in [0.25, 0.3) is 0 Å². The number of nitrogens with zero attached hydrogens (tertiary/aromatic N) is 6. The molecule has 0 spiro atoms. The molecule has 370 valence electrons. The molecule has 8 heterocycles. The van der Waals surface area contributed by atoms with Gasteiger partial charge in [0.05, 0.1) is 55.8 Å². The minimum absolute atomic E-state index is 0.459. The highest BCUT2D eigenvalue weighted by Crippen LogP contribution is 2.54. The van der Waals surface area contributed by atoms with E-state index in [0.717, 1.165) is 134 Å². The van der Waals surface area contributed by atoms with Gasteiger partial charge in [0, 0.05) is 53.8 Å². The molecule has 0 saturated heterocycles. The molecule has 0 radical (unpaired) electrons. The molecule has 0 amide bonds. The van der Waals surface area contributed by atoms with E-state index in [-0.39, 0.29) is 0 Å². The highest BCUT2D eigenvalue weighted by molar-refractivity contribution is 7.25. The lowest BCUT2D eigenvalue weighted by Crippen LogP contribution is -2.12. The number of rotatable bonds is 28. The molecule has 0 aliphatic heterocycles. The fourth-order valence-electron chi connectivity index (χ4n) is 9.45. The molecule has 0 saturated carbocycles. The maximum Gasteiger partial charge on any atom is 0.146 e. The van der Waals surface area contributed by atoms with E-state index in [1.165, 1.54) is 110 Å². The lowest BCUT2D eigenvalue weighted by atomic mass is 10.0. The van der Waals surface area contributed by atoms with Crippen LogP contribution >= 0.6 is 68.8 Å². The van der Waals surface area contributed by atoms with Crippen LogP contribution in [0.4, 0.5) is 0 Å². The molecule has 2 atom stereocenters. The normalized spacial score (nSPS) is 12.9. The van der Waals surface area contributed by atoms with Gasteiger partial charge in [0.15, 0.2) is 0 Å². The molecule has 8 aromatic heterocycles. The molecule has 70 heavy (non-hydrogen) atoms. The summed E-state index contributed by atoms with van der Waals surface area (Å²) in [6.07, 6.45) is 25.5. The molecule has 0 N–H and O–H groups in total. The molecule has 14 heteroatoms. The fourth-order valence-corrected chi connectivity index (χ4v) is 15.0. The number of benzene rings is 1. The molecule has 2 unspecified atom stereocenters. The van der Waals surface area contributed by atoms with Crippen LogP contribution in [0.1, 0.15) is 154 Å². The summed E-state index contributed by atoms with van der Waals surface area (Å²) in [4.78, 5) is 17.6. The Balaban J connectivity index is 1.16. The van der Waals surface area contributed by atoms with Gasteiger partial charge in [-0.15, -0.1) is 45.3 Å². The number of hydrogen-bond acceptors (Lipinski definition) is 14. The lowest BCUT2D eigenvalue weighted by Gasteiger charge is -2.19. The van der Waals surface area contributed by atoms with Crippen LogP contribution in [0, 0.1) is 11.8 Å². The molecule has 0 bridgehead atoms. The number of hydrogen-bond donors (Lipinski definition) is 0. The zero-order valence-electron chi connectivity index (χ0n) is 41.9. The predicted molar refractivity (Wildman–Crippen MR) is 306 cm³/mol. The van der Waals surface area contributed by atoms with E-state index < -0.39 is 0 Å². The second-order valence-electron chi connectivity index (χ2n) is 18.9. The first-order valence-electron chi connectivity index (χ1n) is 26.2. The van der Waals surface area contributed by atoms with E-state index in [1.807, 2.05) is 35.1 Å². The molecule has 0 fully saturated rings. The third kappa shape index (κ3) is 11.3. The van der Waals surface area contributed by atoms with Gasteiger partial charge >= 0.3 is 0 Å². The molecular formula is C56H68N6O2S6. The van der Waals surface area contributed by atoms with Gasteiger partial charge in [0.1, 0.15) is 45.0 Å². The topological polar surface area (TPSA) is 95.8 Å². The largest absolute Gasteiger partial charge is 0.491 e. The summed E-state index contributed by atoms with van der Waals surface area (Å²) >= 11 is 9.74. The van der Waals surface area contributed by atoms with Crippen LogP contribution in [-0.4, -0.2) is 40.7 Å². The van der Waals surface area contributed by atoms with E-state index in [2.05, 4.69) is 77.9 Å². The number of thiophene rings is 4. The second kappa shape index (κ2) is 24.7. The van der Waals surface area contributed by atoms with Crippen LogP contribution in [0.25, 0.3) is 84.3 Å². The van der Waals surface area contributed by atoms with Crippen molar-refractivity contribution >= 4 is 111 Å². The van der Waals surface area contributed by atoms with Crippen molar-refractivity contribution in [3.63, 3.8) is 0 Å². The van der Waals surface area contributed by atoms with Crippen LogP contribution in [0.2, 0.25) is 0 Å². The molecular weight excluding hydrogens is 981 g/mol. The maximum absolute atomic E-state index is 7.20. The van der Waals surface area contributed by atoms with Gasteiger partial charge in [-0.2, -0.15) is 17.5 Å². The van der Waals surface area contributed by atoms with Crippen molar-refractivity contribution in [2.24, 2.45) is 11.8 Å². The van der Waals surface area contributed by atoms with E-state index in [0.29, 0.717) is 25.0 Å². The van der Waals surface area contributed by atoms with Crippen molar-refractivity contribution in [2.45, 2.75) is 157 Å². The Labute approximate surface area is 439 Å². The SMILES string of the molecule is CCCCCCc1ccc(-c2ncc(-c3cc4c(OCC(CC)CCCC)c5sc(-c6cnc(-c7ccc(CCCCCC)s7)c7nsnc67)cc5c(OCC(CC)CCCC)c4s3)c3nsnc23)s1. The van der Waals surface area contributed by atoms with E-state index in [1.54, 1.807) is 22.7 Å². The monoisotopic (exact) mass is 1050 g/mol. The highest BCUT2D eigenvalue weighted by atomic mass is 32.1. The van der Waals surface area contributed by atoms with Gasteiger partial charge in [-0.1, -0.05) is 119 Å². The zero-order chi connectivity index (χ0) is 48.4. The van der Waals surface area contributed by atoms with Crippen molar-refractivity contribution in [1.29, 1.82) is 0 Å². The Kier molecular flexibility index (Phi) is 18.0. The zero-order valence-corrected chi connectivity index (χ0v) is 46.8. The summed E-state index contributed by atoms with van der Waals surface area (Å²) < 4.78 is 36.3. The molecule has 9 aromatic rings. The standard InChI is InChI=1S/C56H68N6O2S6/c1-7-13-17-19-23-37-25-27-43(65-37)49-51-47(59-69-61-51)41(31-57-49)45-29-39-53(63-33-35(11-5)21-15-9-3)56-40(54(55(39)67-45)64-34-36(12-6)22-16-10-4)30-46(68-56)42-32-58-50(52-48(42)60-70-62-52)44-28-26-38(66-44)24-20-18-14-8-2/h25-32,35-36H,7-24,33-34H2,1-6H3. The molecule has 0 aliphatic carbocycles. The van der Waals surface area contributed by atoms with Crippen molar-refractivity contribution in [3.05, 3.63) is 58.5 Å². The summed E-state index contributed by atoms with van der Waals surface area (Å²) in [5.41, 5.74) is 7.35. The van der Waals surface area contributed by atoms with Gasteiger partial charge in [0.2, 0.25) is 0 Å². The van der Waals surface area contributed by atoms with Crippen molar-refractivity contribution in [2.75, 3.05) is 13.2 Å². The minimum Gasteiger partial charge on any atom is -0.491 e. The predicted octanol–water partition coefficient (Wildman–Crippen LogP) is 19.1. The molecule has 9 rings (SSSR count). The minimum atomic E-state index is 0.459. The number of aromatic nitrogens is 6. The van der Waals surface area contributed by atoms with Gasteiger partial charge in [-0.05, 0) is 86.8 Å². The first-order chi connectivity index (χ1) is 34.5. The van der Waals surface area contributed by atoms with Gasteiger partial charge < -0.3 is 9.47 Å². The molecule has 8 nitrogen and oxygen atoms in total. The fraction of sp³-hybridized carbons (Fsp3) is 0.500. The average Bonchev–Trinajstić information content (AvgIpc) is 4.25. The van der Waals surface area contributed by atoms with E-state index in [9.17, 15) is 0 Å². The molecule has 1 aromatic carbocycles. The van der Waals surface area contributed by atoms with Crippen LogP contribution in [0.3, 0.4) is 0 Å². The summed E-state index contributed by atoms with van der Waals surface area (Å²) in [6, 6.07) is 13.6. The van der Waals surface area contributed by atoms with Crippen LogP contribution in [-0.2, 0) is 12.8 Å². The van der Waals surface area contributed by atoms with Crippen LogP contribution in [0.5, 0.6) is 11.5 Å². The number of fused-ring (bicyclic) bond motifs is 4. The van der Waals surface area contributed by atoms with Crippen LogP contribution in [0.15, 0.2) is 48.8 Å². The first kappa shape index (κ1) is 51.0. The first-order valence-corrected chi connectivity index (χ1v) is 30.9. The van der Waals surface area contributed by atoms with Crippen LogP contribution < -0.4 is 9.47 Å².